The Morgan fingerprint density at radius 3 is 2.56 bits per heavy atom. The highest BCUT2D eigenvalue weighted by Crippen LogP contribution is 2.15. The third kappa shape index (κ3) is 2.82. The quantitative estimate of drug-likeness (QED) is 0.754. The lowest BCUT2D eigenvalue weighted by Crippen LogP contribution is -2.36. The van der Waals surface area contributed by atoms with Crippen LogP contribution in [0.2, 0.25) is 0 Å². The van der Waals surface area contributed by atoms with E-state index in [1.807, 2.05) is 19.2 Å². The third-order valence-corrected chi connectivity index (χ3v) is 3.16. The SMILES string of the molecule is CCN(CC(=O)OC)C(=O)c1cscc1C. The van der Waals surface area contributed by atoms with Crippen LogP contribution in [0.5, 0.6) is 0 Å². The van der Waals surface area contributed by atoms with Gasteiger partial charge in [0, 0.05) is 11.9 Å². The second-order valence-corrected chi connectivity index (χ2v) is 4.11. The minimum absolute atomic E-state index is 0.00111. The second kappa shape index (κ2) is 5.65. The summed E-state index contributed by atoms with van der Waals surface area (Å²) in [5.74, 6) is -0.519. The fourth-order valence-corrected chi connectivity index (χ4v) is 2.12. The first-order chi connectivity index (χ1) is 7.60. The molecule has 0 aliphatic heterocycles. The molecule has 0 atom stereocenters. The molecule has 0 spiro atoms. The normalized spacial score (nSPS) is 9.94. The van der Waals surface area contributed by atoms with Gasteiger partial charge in [-0.2, -0.15) is 11.3 Å². The molecule has 88 valence electrons. The Balaban J connectivity index is 2.78. The number of rotatable bonds is 4. The summed E-state index contributed by atoms with van der Waals surface area (Å²) in [7, 11) is 1.32. The summed E-state index contributed by atoms with van der Waals surface area (Å²) in [4.78, 5) is 24.6. The van der Waals surface area contributed by atoms with Gasteiger partial charge < -0.3 is 9.64 Å². The first-order valence-electron chi connectivity index (χ1n) is 4.99. The summed E-state index contributed by atoms with van der Waals surface area (Å²) in [6.45, 7) is 4.21. The number of esters is 1. The number of carbonyl (C=O) groups excluding carboxylic acids is 2. The molecule has 0 aliphatic rings. The number of hydrogen-bond donors (Lipinski definition) is 0. The molecule has 0 bridgehead atoms. The minimum Gasteiger partial charge on any atom is -0.468 e. The molecule has 16 heavy (non-hydrogen) atoms. The standard InChI is InChI=1S/C11H15NO3S/c1-4-12(5-10(13)15-3)11(14)9-7-16-6-8(9)2/h6-7H,4-5H2,1-3H3. The Kier molecular flexibility index (Phi) is 4.49. The van der Waals surface area contributed by atoms with Crippen LogP contribution in [0.15, 0.2) is 10.8 Å². The first kappa shape index (κ1) is 12.7. The molecule has 1 aromatic rings. The van der Waals surface area contributed by atoms with E-state index < -0.39 is 5.97 Å². The zero-order valence-corrected chi connectivity index (χ0v) is 10.5. The molecule has 0 fully saturated rings. The van der Waals surface area contributed by atoms with Crippen LogP contribution >= 0.6 is 11.3 Å². The van der Waals surface area contributed by atoms with Gasteiger partial charge in [-0.15, -0.1) is 0 Å². The van der Waals surface area contributed by atoms with Crippen molar-refractivity contribution in [2.45, 2.75) is 13.8 Å². The van der Waals surface area contributed by atoms with Crippen LogP contribution in [0.1, 0.15) is 22.8 Å². The lowest BCUT2D eigenvalue weighted by Gasteiger charge is -2.19. The Morgan fingerprint density at radius 2 is 2.12 bits per heavy atom. The van der Waals surface area contributed by atoms with Crippen LogP contribution in [0.25, 0.3) is 0 Å². The van der Waals surface area contributed by atoms with Crippen LogP contribution in [0.4, 0.5) is 0 Å². The summed E-state index contributed by atoms with van der Waals surface area (Å²) in [6, 6.07) is 0. The monoisotopic (exact) mass is 241 g/mol. The highest BCUT2D eigenvalue weighted by atomic mass is 32.1. The van der Waals surface area contributed by atoms with Crippen molar-refractivity contribution in [2.75, 3.05) is 20.2 Å². The summed E-state index contributed by atoms with van der Waals surface area (Å²) in [5, 5.41) is 3.72. The largest absolute Gasteiger partial charge is 0.468 e. The number of carbonyl (C=O) groups is 2. The molecule has 0 N–H and O–H groups in total. The van der Waals surface area contributed by atoms with Crippen molar-refractivity contribution in [3.8, 4) is 0 Å². The average molecular weight is 241 g/mol. The number of hydrogen-bond acceptors (Lipinski definition) is 4. The van der Waals surface area contributed by atoms with Crippen molar-refractivity contribution in [1.82, 2.24) is 4.90 Å². The van der Waals surface area contributed by atoms with E-state index in [-0.39, 0.29) is 12.5 Å². The van der Waals surface area contributed by atoms with Crippen LogP contribution < -0.4 is 0 Å². The van der Waals surface area contributed by atoms with Gasteiger partial charge in [0.2, 0.25) is 0 Å². The molecule has 1 rings (SSSR count). The average Bonchev–Trinajstić information content (AvgIpc) is 2.71. The number of likely N-dealkylation sites (N-methyl/N-ethyl adjacent to an activating group) is 1. The molecule has 5 heteroatoms. The molecular weight excluding hydrogens is 226 g/mol. The molecule has 1 heterocycles. The molecule has 0 aliphatic carbocycles. The predicted octanol–water partition coefficient (Wildman–Crippen LogP) is 1.69. The third-order valence-electron chi connectivity index (χ3n) is 2.30. The maximum Gasteiger partial charge on any atom is 0.325 e. The molecule has 1 amide bonds. The minimum atomic E-state index is -0.400. The van der Waals surface area contributed by atoms with Crippen molar-refractivity contribution in [2.24, 2.45) is 0 Å². The Hall–Kier alpha value is -1.36. The maximum atomic E-state index is 12.0. The van der Waals surface area contributed by atoms with E-state index in [0.29, 0.717) is 12.1 Å². The van der Waals surface area contributed by atoms with Gasteiger partial charge in [0.25, 0.3) is 5.91 Å². The van der Waals surface area contributed by atoms with Gasteiger partial charge in [-0.1, -0.05) is 0 Å². The van der Waals surface area contributed by atoms with Crippen molar-refractivity contribution in [3.63, 3.8) is 0 Å². The number of ether oxygens (including phenoxy) is 1. The summed E-state index contributed by atoms with van der Waals surface area (Å²) < 4.78 is 4.55. The fraction of sp³-hybridized carbons (Fsp3) is 0.455. The highest BCUT2D eigenvalue weighted by molar-refractivity contribution is 7.08. The zero-order valence-electron chi connectivity index (χ0n) is 9.65. The number of aryl methyl sites for hydroxylation is 1. The lowest BCUT2D eigenvalue weighted by atomic mass is 10.2. The van der Waals surface area contributed by atoms with Crippen molar-refractivity contribution < 1.29 is 14.3 Å². The van der Waals surface area contributed by atoms with Gasteiger partial charge in [-0.25, -0.2) is 0 Å². The lowest BCUT2D eigenvalue weighted by molar-refractivity contribution is -0.141. The number of nitrogens with zero attached hydrogens (tertiary/aromatic N) is 1. The van der Waals surface area contributed by atoms with Gasteiger partial charge in [0.1, 0.15) is 6.54 Å². The van der Waals surface area contributed by atoms with Crippen molar-refractivity contribution >= 4 is 23.2 Å². The number of thiophene rings is 1. The van der Waals surface area contributed by atoms with Gasteiger partial charge in [-0.3, -0.25) is 9.59 Å². The molecule has 1 aromatic heterocycles. The second-order valence-electron chi connectivity index (χ2n) is 3.36. The topological polar surface area (TPSA) is 46.6 Å². The van der Waals surface area contributed by atoms with Gasteiger partial charge in [0.15, 0.2) is 0 Å². The van der Waals surface area contributed by atoms with E-state index in [0.717, 1.165) is 5.56 Å². The molecule has 0 saturated heterocycles. The fourth-order valence-electron chi connectivity index (χ4n) is 1.30. The van der Waals surface area contributed by atoms with E-state index in [2.05, 4.69) is 4.74 Å². The van der Waals surface area contributed by atoms with Crippen LogP contribution in [-0.2, 0) is 9.53 Å². The molecule has 0 saturated carbocycles. The van der Waals surface area contributed by atoms with Gasteiger partial charge in [-0.05, 0) is 24.8 Å². The molecule has 4 nitrogen and oxygen atoms in total. The van der Waals surface area contributed by atoms with Gasteiger partial charge >= 0.3 is 5.97 Å². The van der Waals surface area contributed by atoms with E-state index in [1.54, 1.807) is 5.38 Å². The Labute approximate surface area is 98.8 Å². The molecule has 0 aromatic carbocycles. The Morgan fingerprint density at radius 1 is 1.44 bits per heavy atom. The maximum absolute atomic E-state index is 12.0. The van der Waals surface area contributed by atoms with Crippen LogP contribution in [0.3, 0.4) is 0 Å². The van der Waals surface area contributed by atoms with Crippen LogP contribution in [0, 0.1) is 6.92 Å². The van der Waals surface area contributed by atoms with Crippen LogP contribution in [-0.4, -0.2) is 37.0 Å². The van der Waals surface area contributed by atoms with Crippen molar-refractivity contribution in [3.05, 3.63) is 21.9 Å². The zero-order chi connectivity index (χ0) is 12.1. The number of methoxy groups -OCH3 is 1. The molecule has 0 unspecified atom stereocenters. The smallest absolute Gasteiger partial charge is 0.325 e. The highest BCUT2D eigenvalue weighted by Gasteiger charge is 2.19. The first-order valence-corrected chi connectivity index (χ1v) is 5.93. The van der Waals surface area contributed by atoms with E-state index in [4.69, 9.17) is 0 Å². The molecule has 0 radical (unpaired) electrons. The van der Waals surface area contributed by atoms with Crippen molar-refractivity contribution in [1.29, 1.82) is 0 Å². The van der Waals surface area contributed by atoms with E-state index >= 15 is 0 Å². The predicted molar refractivity (Wildman–Crippen MR) is 62.6 cm³/mol. The van der Waals surface area contributed by atoms with E-state index in [9.17, 15) is 9.59 Å². The number of amides is 1. The summed E-state index contributed by atoms with van der Waals surface area (Å²) >= 11 is 1.48. The Bertz CT molecular complexity index is 386. The summed E-state index contributed by atoms with van der Waals surface area (Å²) in [6.07, 6.45) is 0. The summed E-state index contributed by atoms with van der Waals surface area (Å²) in [5.41, 5.74) is 1.61. The van der Waals surface area contributed by atoms with Gasteiger partial charge in [0.05, 0.1) is 12.7 Å². The molecular formula is C11H15NO3S. The van der Waals surface area contributed by atoms with E-state index in [1.165, 1.54) is 23.3 Å².